The minimum atomic E-state index is -0.240. The molecule has 1 aliphatic heterocycles. The largest absolute Gasteiger partial charge is 0.459 e. The molecule has 6 heteroatoms. The standard InChI is InChI=1S/C14H16FN3O.HI/c1-9-11-7-10(15)3-4-12(11)19-13(9)8-17-14-16-5-6-18(14)2;/h3-4,7H,5-6,8H2,1-2H3,(H,16,17);1H. The van der Waals surface area contributed by atoms with Gasteiger partial charge in [0.05, 0.1) is 13.1 Å². The van der Waals surface area contributed by atoms with E-state index in [9.17, 15) is 4.39 Å². The maximum Gasteiger partial charge on any atom is 0.194 e. The molecule has 0 saturated carbocycles. The van der Waals surface area contributed by atoms with Crippen molar-refractivity contribution in [1.82, 2.24) is 10.2 Å². The van der Waals surface area contributed by atoms with E-state index in [-0.39, 0.29) is 29.8 Å². The van der Waals surface area contributed by atoms with Gasteiger partial charge in [-0.2, -0.15) is 0 Å². The highest BCUT2D eigenvalue weighted by Crippen LogP contribution is 2.25. The van der Waals surface area contributed by atoms with Crippen LogP contribution in [0, 0.1) is 12.7 Å². The fourth-order valence-electron chi connectivity index (χ4n) is 2.30. The number of furan rings is 1. The molecule has 4 nitrogen and oxygen atoms in total. The first-order valence-corrected chi connectivity index (χ1v) is 6.32. The number of nitrogens with one attached hydrogen (secondary N) is 1. The van der Waals surface area contributed by atoms with Crippen LogP contribution in [-0.4, -0.2) is 31.0 Å². The number of halogens is 2. The molecule has 1 aromatic carbocycles. The van der Waals surface area contributed by atoms with E-state index < -0.39 is 0 Å². The number of fused-ring (bicyclic) bond motifs is 1. The van der Waals surface area contributed by atoms with E-state index in [0.717, 1.165) is 41.3 Å². The minimum Gasteiger partial charge on any atom is -0.459 e. The van der Waals surface area contributed by atoms with Gasteiger partial charge >= 0.3 is 0 Å². The van der Waals surface area contributed by atoms with Crippen LogP contribution in [0.3, 0.4) is 0 Å². The Labute approximate surface area is 134 Å². The van der Waals surface area contributed by atoms with Crippen molar-refractivity contribution in [3.8, 4) is 0 Å². The normalized spacial score (nSPS) is 14.3. The molecule has 0 amide bonds. The third kappa shape index (κ3) is 2.74. The van der Waals surface area contributed by atoms with Crippen LogP contribution in [0.1, 0.15) is 11.3 Å². The van der Waals surface area contributed by atoms with Crippen LogP contribution in [0.25, 0.3) is 11.0 Å². The summed E-state index contributed by atoms with van der Waals surface area (Å²) in [5.41, 5.74) is 1.70. The molecule has 0 fully saturated rings. The molecule has 0 spiro atoms. The Balaban J connectivity index is 0.00000147. The van der Waals surface area contributed by atoms with Crippen LogP contribution in [-0.2, 0) is 6.54 Å². The van der Waals surface area contributed by atoms with Crippen molar-refractivity contribution in [2.24, 2.45) is 4.99 Å². The Morgan fingerprint density at radius 3 is 2.95 bits per heavy atom. The van der Waals surface area contributed by atoms with Gasteiger partial charge in [-0.05, 0) is 25.1 Å². The number of guanidine groups is 1. The van der Waals surface area contributed by atoms with E-state index in [1.807, 2.05) is 14.0 Å². The average Bonchev–Trinajstić information content (AvgIpc) is 2.93. The third-order valence-corrected chi connectivity index (χ3v) is 3.46. The SMILES string of the molecule is Cc1c(CNC2=NCCN2C)oc2ccc(F)cc12.I. The molecule has 2 aromatic rings. The Kier molecular flexibility index (Phi) is 4.52. The summed E-state index contributed by atoms with van der Waals surface area (Å²) in [6.07, 6.45) is 0. The van der Waals surface area contributed by atoms with Crippen LogP contribution < -0.4 is 5.32 Å². The van der Waals surface area contributed by atoms with Gasteiger partial charge in [-0.15, -0.1) is 24.0 Å². The second kappa shape index (κ2) is 5.99. The van der Waals surface area contributed by atoms with Gasteiger partial charge in [0.1, 0.15) is 17.2 Å². The van der Waals surface area contributed by atoms with Gasteiger partial charge in [0, 0.05) is 24.5 Å². The molecule has 108 valence electrons. The maximum absolute atomic E-state index is 13.2. The number of rotatable bonds is 2. The molecule has 1 N–H and O–H groups in total. The quantitative estimate of drug-likeness (QED) is 0.804. The topological polar surface area (TPSA) is 40.8 Å². The van der Waals surface area contributed by atoms with Gasteiger partial charge in [-0.1, -0.05) is 0 Å². The molecule has 0 unspecified atom stereocenters. The Morgan fingerprint density at radius 1 is 1.45 bits per heavy atom. The highest BCUT2D eigenvalue weighted by molar-refractivity contribution is 14.0. The second-order valence-electron chi connectivity index (χ2n) is 4.77. The Morgan fingerprint density at radius 2 is 2.25 bits per heavy atom. The number of aliphatic imine (C=N–C) groups is 1. The number of hydrogen-bond acceptors (Lipinski definition) is 4. The van der Waals surface area contributed by atoms with Gasteiger partial charge in [0.15, 0.2) is 5.96 Å². The molecule has 3 rings (SSSR count). The van der Waals surface area contributed by atoms with Crippen molar-refractivity contribution >= 4 is 40.9 Å². The van der Waals surface area contributed by atoms with E-state index >= 15 is 0 Å². The molecule has 0 atom stereocenters. The molecule has 1 aromatic heterocycles. The summed E-state index contributed by atoms with van der Waals surface area (Å²) in [6, 6.07) is 4.59. The number of benzene rings is 1. The van der Waals surface area contributed by atoms with E-state index in [1.165, 1.54) is 12.1 Å². The first-order valence-electron chi connectivity index (χ1n) is 6.32. The number of likely N-dealkylation sites (N-methyl/N-ethyl adjacent to an activating group) is 1. The van der Waals surface area contributed by atoms with Gasteiger partial charge in [-0.3, -0.25) is 4.99 Å². The highest BCUT2D eigenvalue weighted by atomic mass is 127. The van der Waals surface area contributed by atoms with Crippen molar-refractivity contribution in [1.29, 1.82) is 0 Å². The first-order chi connectivity index (χ1) is 9.15. The summed E-state index contributed by atoms with van der Waals surface area (Å²) in [5.74, 6) is 1.46. The second-order valence-corrected chi connectivity index (χ2v) is 4.77. The molecule has 20 heavy (non-hydrogen) atoms. The van der Waals surface area contributed by atoms with Crippen molar-refractivity contribution < 1.29 is 8.81 Å². The average molecular weight is 389 g/mol. The fourth-order valence-corrected chi connectivity index (χ4v) is 2.30. The minimum absolute atomic E-state index is 0. The fraction of sp³-hybridized carbons (Fsp3) is 0.357. The number of aryl methyl sites for hydroxylation is 1. The molecule has 0 bridgehead atoms. The molecule has 2 heterocycles. The van der Waals surface area contributed by atoms with Gasteiger partial charge in [0.25, 0.3) is 0 Å². The zero-order valence-corrected chi connectivity index (χ0v) is 13.8. The summed E-state index contributed by atoms with van der Waals surface area (Å²) in [7, 11) is 2.00. The lowest BCUT2D eigenvalue weighted by Crippen LogP contribution is -2.35. The van der Waals surface area contributed by atoms with E-state index in [2.05, 4.69) is 15.2 Å². The summed E-state index contributed by atoms with van der Waals surface area (Å²) in [4.78, 5) is 6.43. The molecular formula is C14H17FIN3O. The Bertz CT molecular complexity index is 653. The lowest BCUT2D eigenvalue weighted by Gasteiger charge is -2.14. The Hall–Kier alpha value is -1.31. The molecule has 1 aliphatic rings. The summed E-state index contributed by atoms with van der Waals surface area (Å²) < 4.78 is 19.0. The molecular weight excluding hydrogens is 372 g/mol. The predicted octanol–water partition coefficient (Wildman–Crippen LogP) is 2.89. The van der Waals surface area contributed by atoms with Crippen LogP contribution in [0.2, 0.25) is 0 Å². The van der Waals surface area contributed by atoms with E-state index in [1.54, 1.807) is 6.07 Å². The molecule has 0 saturated heterocycles. The zero-order valence-electron chi connectivity index (χ0n) is 11.4. The van der Waals surface area contributed by atoms with Crippen molar-refractivity contribution in [3.63, 3.8) is 0 Å². The van der Waals surface area contributed by atoms with Gasteiger partial charge < -0.3 is 14.6 Å². The highest BCUT2D eigenvalue weighted by Gasteiger charge is 2.15. The van der Waals surface area contributed by atoms with E-state index in [0.29, 0.717) is 6.54 Å². The van der Waals surface area contributed by atoms with Crippen LogP contribution in [0.15, 0.2) is 27.6 Å². The smallest absolute Gasteiger partial charge is 0.194 e. The predicted molar refractivity (Wildman–Crippen MR) is 88.1 cm³/mol. The van der Waals surface area contributed by atoms with E-state index in [4.69, 9.17) is 4.42 Å². The summed E-state index contributed by atoms with van der Waals surface area (Å²) in [6.45, 7) is 4.27. The lowest BCUT2D eigenvalue weighted by molar-refractivity contribution is 0.506. The van der Waals surface area contributed by atoms with Crippen LogP contribution >= 0.6 is 24.0 Å². The van der Waals surface area contributed by atoms with Crippen LogP contribution in [0.4, 0.5) is 4.39 Å². The van der Waals surface area contributed by atoms with Gasteiger partial charge in [0.2, 0.25) is 0 Å². The summed E-state index contributed by atoms with van der Waals surface area (Å²) >= 11 is 0. The molecule has 0 radical (unpaired) electrons. The monoisotopic (exact) mass is 389 g/mol. The molecule has 0 aliphatic carbocycles. The maximum atomic E-state index is 13.2. The van der Waals surface area contributed by atoms with Crippen molar-refractivity contribution in [3.05, 3.63) is 35.3 Å². The number of hydrogen-bond donors (Lipinski definition) is 1. The van der Waals surface area contributed by atoms with Crippen molar-refractivity contribution in [2.45, 2.75) is 13.5 Å². The summed E-state index contributed by atoms with van der Waals surface area (Å²) in [5, 5.41) is 4.08. The third-order valence-electron chi connectivity index (χ3n) is 3.46. The zero-order chi connectivity index (χ0) is 13.4. The van der Waals surface area contributed by atoms with Crippen LogP contribution in [0.5, 0.6) is 0 Å². The number of nitrogens with zero attached hydrogens (tertiary/aromatic N) is 2. The first kappa shape index (κ1) is 15.1. The lowest BCUT2D eigenvalue weighted by atomic mass is 10.1. The van der Waals surface area contributed by atoms with Crippen molar-refractivity contribution in [2.75, 3.05) is 20.1 Å². The van der Waals surface area contributed by atoms with Gasteiger partial charge in [-0.25, -0.2) is 4.39 Å².